The van der Waals surface area contributed by atoms with Crippen LogP contribution in [0.1, 0.15) is 28.5 Å². The van der Waals surface area contributed by atoms with Gasteiger partial charge in [0.1, 0.15) is 5.75 Å². The molecular weight excluding hydrogens is 491 g/mol. The van der Waals surface area contributed by atoms with Gasteiger partial charge in [0.05, 0.1) is 16.5 Å². The average molecular weight is 511 g/mol. The quantitative estimate of drug-likeness (QED) is 0.334. The summed E-state index contributed by atoms with van der Waals surface area (Å²) in [5, 5.41) is 0.121. The Bertz CT molecular complexity index is 1400. The lowest BCUT2D eigenvalue weighted by Crippen LogP contribution is -2.42. The van der Waals surface area contributed by atoms with Crippen molar-refractivity contribution in [3.05, 3.63) is 65.4 Å². The maximum atomic E-state index is 12.8. The maximum absolute atomic E-state index is 12.8. The standard InChI is InChI=1S/C22H20F3N3O6S/c1-2-14-19(20(30)21(26)31)18-15(28(14)11-13-7-4-3-5-8-13)9-6-10-16(18)34-12-17(29)27-35(32,33)22(23,24)25/h3-10H,2,11-12H2,1H3,(H2,26,31)(H,27,29). The second-order valence-corrected chi connectivity index (χ2v) is 9.03. The summed E-state index contributed by atoms with van der Waals surface area (Å²) in [4.78, 5) is 36.4. The highest BCUT2D eigenvalue weighted by atomic mass is 32.2. The summed E-state index contributed by atoms with van der Waals surface area (Å²) in [6.07, 6.45) is 0.305. The van der Waals surface area contributed by atoms with Crippen LogP contribution in [0, 0.1) is 0 Å². The van der Waals surface area contributed by atoms with E-state index >= 15 is 0 Å². The Morgan fingerprint density at radius 1 is 1.06 bits per heavy atom. The average Bonchev–Trinajstić information content (AvgIpc) is 3.10. The van der Waals surface area contributed by atoms with Crippen LogP contribution in [0.5, 0.6) is 5.75 Å². The zero-order valence-corrected chi connectivity index (χ0v) is 19.1. The molecule has 0 atom stereocenters. The number of ketones is 1. The van der Waals surface area contributed by atoms with Gasteiger partial charge in [-0.25, -0.2) is 4.72 Å². The number of primary amides is 1. The number of nitrogens with two attached hydrogens (primary N) is 1. The van der Waals surface area contributed by atoms with E-state index in [1.54, 1.807) is 17.6 Å². The van der Waals surface area contributed by atoms with Crippen molar-refractivity contribution >= 4 is 38.5 Å². The molecule has 0 saturated carbocycles. The lowest BCUT2D eigenvalue weighted by molar-refractivity contribution is -0.122. The minimum atomic E-state index is -5.92. The molecule has 0 radical (unpaired) electrons. The first-order valence-corrected chi connectivity index (χ1v) is 11.6. The molecule has 0 saturated heterocycles. The van der Waals surface area contributed by atoms with Gasteiger partial charge in [-0.1, -0.05) is 43.3 Å². The lowest BCUT2D eigenvalue weighted by Gasteiger charge is -2.12. The summed E-state index contributed by atoms with van der Waals surface area (Å²) in [7, 11) is -5.92. The number of rotatable bonds is 9. The van der Waals surface area contributed by atoms with Gasteiger partial charge in [-0.3, -0.25) is 14.4 Å². The Morgan fingerprint density at radius 2 is 1.71 bits per heavy atom. The highest BCUT2D eigenvalue weighted by molar-refractivity contribution is 7.90. The molecule has 3 N–H and O–H groups in total. The fraction of sp³-hybridized carbons (Fsp3) is 0.227. The Balaban J connectivity index is 2.07. The Kier molecular flexibility index (Phi) is 7.19. The molecule has 3 rings (SSSR count). The van der Waals surface area contributed by atoms with Gasteiger partial charge in [0.15, 0.2) is 6.61 Å². The normalized spacial score (nSPS) is 11.9. The van der Waals surface area contributed by atoms with Crippen LogP contribution in [0.4, 0.5) is 13.2 Å². The SMILES string of the molecule is CCc1c(C(=O)C(N)=O)c2c(OCC(=O)NS(=O)(=O)C(F)(F)F)cccc2n1Cc1ccccc1. The predicted octanol–water partition coefficient (Wildman–Crippen LogP) is 2.26. The number of carbonyl (C=O) groups excluding carboxylic acids is 3. The van der Waals surface area contributed by atoms with Crippen molar-refractivity contribution in [3.63, 3.8) is 0 Å². The number of Topliss-reactive ketones (excluding diaryl/α,β-unsaturated/α-hetero) is 1. The largest absolute Gasteiger partial charge is 0.516 e. The summed E-state index contributed by atoms with van der Waals surface area (Å²) < 4.78 is 67.8. The summed E-state index contributed by atoms with van der Waals surface area (Å²) in [5.41, 5.74) is 1.27. The number of amides is 2. The van der Waals surface area contributed by atoms with E-state index < -0.39 is 39.7 Å². The highest BCUT2D eigenvalue weighted by Gasteiger charge is 2.47. The van der Waals surface area contributed by atoms with Gasteiger partial charge < -0.3 is 15.0 Å². The van der Waals surface area contributed by atoms with Gasteiger partial charge in [-0.15, -0.1) is 0 Å². The molecular formula is C22H20F3N3O6S. The number of ether oxygens (including phenoxy) is 1. The van der Waals surface area contributed by atoms with Crippen molar-refractivity contribution in [2.75, 3.05) is 6.61 Å². The summed E-state index contributed by atoms with van der Waals surface area (Å²) in [6, 6.07) is 13.7. The van der Waals surface area contributed by atoms with Crippen molar-refractivity contribution in [2.45, 2.75) is 25.4 Å². The molecule has 1 heterocycles. The number of nitrogens with zero attached hydrogens (tertiary/aromatic N) is 1. The molecule has 0 aliphatic rings. The molecule has 0 fully saturated rings. The number of hydrogen-bond donors (Lipinski definition) is 2. The molecule has 186 valence electrons. The van der Waals surface area contributed by atoms with Gasteiger partial charge in [0.25, 0.3) is 17.6 Å². The van der Waals surface area contributed by atoms with Gasteiger partial charge in [-0.2, -0.15) is 21.6 Å². The molecule has 3 aromatic rings. The molecule has 0 bridgehead atoms. The number of hydrogen-bond acceptors (Lipinski definition) is 6. The summed E-state index contributed by atoms with van der Waals surface area (Å²) in [6.45, 7) is 0.952. The first-order chi connectivity index (χ1) is 16.4. The number of nitrogens with one attached hydrogen (secondary N) is 1. The molecule has 0 unspecified atom stereocenters. The molecule has 0 aliphatic heterocycles. The fourth-order valence-electron chi connectivity index (χ4n) is 3.60. The molecule has 35 heavy (non-hydrogen) atoms. The number of fused-ring (bicyclic) bond motifs is 1. The van der Waals surface area contributed by atoms with Gasteiger partial charge >= 0.3 is 15.5 Å². The van der Waals surface area contributed by atoms with Crippen LogP contribution in [0.2, 0.25) is 0 Å². The number of alkyl halides is 3. The molecule has 2 aromatic carbocycles. The Hall–Kier alpha value is -3.87. The molecule has 0 spiro atoms. The zero-order chi connectivity index (χ0) is 26.0. The van der Waals surface area contributed by atoms with Crippen molar-refractivity contribution in [1.29, 1.82) is 0 Å². The first kappa shape index (κ1) is 25.7. The summed E-state index contributed by atoms with van der Waals surface area (Å²) in [5.74, 6) is -3.95. The summed E-state index contributed by atoms with van der Waals surface area (Å²) >= 11 is 0. The van der Waals surface area contributed by atoms with Crippen LogP contribution in [-0.2, 0) is 32.6 Å². The predicted molar refractivity (Wildman–Crippen MR) is 119 cm³/mol. The van der Waals surface area contributed by atoms with Crippen LogP contribution in [0.25, 0.3) is 10.9 Å². The third-order valence-corrected chi connectivity index (χ3v) is 6.15. The van der Waals surface area contributed by atoms with Crippen LogP contribution in [-0.4, -0.2) is 42.7 Å². The second kappa shape index (κ2) is 9.78. The third-order valence-electron chi connectivity index (χ3n) is 5.04. The minimum absolute atomic E-state index is 0.0650. The van der Waals surface area contributed by atoms with Crippen molar-refractivity contribution in [3.8, 4) is 5.75 Å². The topological polar surface area (TPSA) is 138 Å². The molecule has 13 heteroatoms. The number of aromatic nitrogens is 1. The smallest absolute Gasteiger partial charge is 0.483 e. The highest BCUT2D eigenvalue weighted by Crippen LogP contribution is 2.35. The molecule has 9 nitrogen and oxygen atoms in total. The Labute approximate surface area is 197 Å². The fourth-order valence-corrected chi connectivity index (χ4v) is 4.08. The van der Waals surface area contributed by atoms with Crippen molar-refractivity contribution < 1.29 is 40.7 Å². The number of carbonyl (C=O) groups is 3. The zero-order valence-electron chi connectivity index (χ0n) is 18.3. The third kappa shape index (κ3) is 5.29. The first-order valence-electron chi connectivity index (χ1n) is 10.1. The molecule has 1 aromatic heterocycles. The number of benzene rings is 2. The van der Waals surface area contributed by atoms with E-state index in [4.69, 9.17) is 10.5 Å². The number of sulfonamides is 1. The Morgan fingerprint density at radius 3 is 2.29 bits per heavy atom. The molecule has 2 amide bonds. The second-order valence-electron chi connectivity index (χ2n) is 7.35. The molecule has 0 aliphatic carbocycles. The van der Waals surface area contributed by atoms with E-state index in [1.807, 2.05) is 30.3 Å². The van der Waals surface area contributed by atoms with Crippen molar-refractivity contribution in [2.24, 2.45) is 5.73 Å². The van der Waals surface area contributed by atoms with E-state index in [9.17, 15) is 36.0 Å². The van der Waals surface area contributed by atoms with Gasteiger partial charge in [-0.05, 0) is 24.1 Å². The minimum Gasteiger partial charge on any atom is -0.483 e. The van der Waals surface area contributed by atoms with E-state index in [1.165, 1.54) is 12.1 Å². The van der Waals surface area contributed by atoms with E-state index in [0.29, 0.717) is 24.2 Å². The number of halogens is 3. The van der Waals surface area contributed by atoms with Crippen LogP contribution in [0.3, 0.4) is 0 Å². The van der Waals surface area contributed by atoms with E-state index in [0.717, 1.165) is 10.3 Å². The lowest BCUT2D eigenvalue weighted by atomic mass is 10.0. The van der Waals surface area contributed by atoms with Gasteiger partial charge in [0.2, 0.25) is 0 Å². The van der Waals surface area contributed by atoms with Crippen molar-refractivity contribution in [1.82, 2.24) is 9.29 Å². The van der Waals surface area contributed by atoms with E-state index in [-0.39, 0.29) is 16.7 Å². The monoisotopic (exact) mass is 511 g/mol. The van der Waals surface area contributed by atoms with E-state index in [2.05, 4.69) is 0 Å². The van der Waals surface area contributed by atoms with Crippen LogP contribution >= 0.6 is 0 Å². The van der Waals surface area contributed by atoms with Crippen LogP contribution < -0.4 is 15.2 Å². The van der Waals surface area contributed by atoms with Gasteiger partial charge in [0, 0.05) is 12.2 Å². The van der Waals surface area contributed by atoms with Crippen LogP contribution in [0.15, 0.2) is 48.5 Å². The maximum Gasteiger partial charge on any atom is 0.516 e.